The predicted octanol–water partition coefficient (Wildman–Crippen LogP) is 5.21. The summed E-state index contributed by atoms with van der Waals surface area (Å²) in [5.74, 6) is -0.634. The normalized spacial score (nSPS) is 14.9. The maximum atomic E-state index is 13.7. The molecule has 0 aliphatic heterocycles. The van der Waals surface area contributed by atoms with Gasteiger partial charge in [-0.15, -0.1) is 0 Å². The van der Waals surface area contributed by atoms with Crippen LogP contribution in [0.2, 0.25) is 15.1 Å². The third-order valence-corrected chi connectivity index (χ3v) is 4.37. The van der Waals surface area contributed by atoms with Gasteiger partial charge in [0.2, 0.25) is 0 Å². The van der Waals surface area contributed by atoms with Crippen LogP contribution in [0.25, 0.3) is 10.9 Å². The first-order valence-electron chi connectivity index (χ1n) is 5.74. The lowest BCUT2D eigenvalue weighted by Crippen LogP contribution is -2.07. The quantitative estimate of drug-likeness (QED) is 0.609. The zero-order valence-electron chi connectivity index (χ0n) is 9.36. The highest BCUT2D eigenvalue weighted by atomic mass is 35.5. The molecular formula is C13H9Cl3FN. The summed E-state index contributed by atoms with van der Waals surface area (Å²) in [5.41, 5.74) is 2.55. The van der Waals surface area contributed by atoms with E-state index in [4.69, 9.17) is 34.8 Å². The predicted molar refractivity (Wildman–Crippen MR) is 73.4 cm³/mol. The average molecular weight is 305 g/mol. The Balaban J connectivity index is 2.43. The first kappa shape index (κ1) is 12.5. The Hall–Kier alpha value is -0.570. The highest BCUT2D eigenvalue weighted by Crippen LogP contribution is 2.39. The van der Waals surface area contributed by atoms with E-state index in [2.05, 4.69) is 4.98 Å². The number of rotatable bonds is 0. The van der Waals surface area contributed by atoms with Crippen LogP contribution in [0.4, 0.5) is 4.39 Å². The molecule has 1 aromatic heterocycles. The Morgan fingerprint density at radius 2 is 1.78 bits per heavy atom. The zero-order valence-corrected chi connectivity index (χ0v) is 11.6. The molecule has 1 aliphatic carbocycles. The van der Waals surface area contributed by atoms with E-state index in [0.29, 0.717) is 15.9 Å². The van der Waals surface area contributed by atoms with Crippen molar-refractivity contribution in [3.8, 4) is 0 Å². The van der Waals surface area contributed by atoms with Crippen molar-refractivity contribution in [1.82, 2.24) is 4.98 Å². The van der Waals surface area contributed by atoms with Gasteiger partial charge in [0, 0.05) is 11.1 Å². The Kier molecular flexibility index (Phi) is 3.13. The second-order valence-corrected chi connectivity index (χ2v) is 5.60. The van der Waals surface area contributed by atoms with Crippen molar-refractivity contribution in [2.45, 2.75) is 25.7 Å². The van der Waals surface area contributed by atoms with Gasteiger partial charge < -0.3 is 0 Å². The lowest BCUT2D eigenvalue weighted by Gasteiger charge is -2.18. The summed E-state index contributed by atoms with van der Waals surface area (Å²) >= 11 is 18.1. The largest absolute Gasteiger partial charge is 0.252 e. The number of aromatic nitrogens is 1. The van der Waals surface area contributed by atoms with Gasteiger partial charge >= 0.3 is 0 Å². The second-order valence-electron chi connectivity index (χ2n) is 4.44. The summed E-state index contributed by atoms with van der Waals surface area (Å²) in [6.07, 6.45) is 3.95. The van der Waals surface area contributed by atoms with Crippen LogP contribution in [0.1, 0.15) is 24.1 Å². The van der Waals surface area contributed by atoms with Crippen molar-refractivity contribution in [3.05, 3.63) is 38.2 Å². The number of fused-ring (bicyclic) bond motifs is 2. The fourth-order valence-corrected chi connectivity index (χ4v) is 3.41. The highest BCUT2D eigenvalue weighted by molar-refractivity contribution is 6.44. The van der Waals surface area contributed by atoms with Crippen LogP contribution < -0.4 is 0 Å². The molecule has 3 rings (SSSR count). The molecule has 0 spiro atoms. The molecule has 0 fully saturated rings. The van der Waals surface area contributed by atoms with Gasteiger partial charge in [-0.1, -0.05) is 34.8 Å². The fourth-order valence-electron chi connectivity index (χ4n) is 2.43. The highest BCUT2D eigenvalue weighted by Gasteiger charge is 2.21. The first-order valence-corrected chi connectivity index (χ1v) is 6.87. The Bertz CT molecular complexity index is 655. The summed E-state index contributed by atoms with van der Waals surface area (Å²) < 4.78 is 13.7. The smallest absolute Gasteiger partial charge is 0.161 e. The molecular weight excluding hydrogens is 296 g/mol. The monoisotopic (exact) mass is 303 g/mol. The molecule has 0 atom stereocenters. The summed E-state index contributed by atoms with van der Waals surface area (Å²) in [6.45, 7) is 0. The van der Waals surface area contributed by atoms with Gasteiger partial charge in [-0.2, -0.15) is 0 Å². The molecule has 1 nitrogen and oxygen atoms in total. The molecule has 1 aromatic carbocycles. The van der Waals surface area contributed by atoms with E-state index < -0.39 is 5.82 Å². The number of hydrogen-bond acceptors (Lipinski definition) is 1. The zero-order chi connectivity index (χ0) is 12.9. The molecule has 0 saturated heterocycles. The van der Waals surface area contributed by atoms with Gasteiger partial charge in [0.25, 0.3) is 0 Å². The standard InChI is InChI=1S/C13H9Cl3FN/c14-7-5-9-10(12(16)13(7)17)11(15)6-3-1-2-4-8(6)18-9/h5H,1-4H2. The summed E-state index contributed by atoms with van der Waals surface area (Å²) in [6, 6.07) is 1.48. The van der Waals surface area contributed by atoms with Gasteiger partial charge in [-0.3, -0.25) is 4.98 Å². The topological polar surface area (TPSA) is 12.9 Å². The Morgan fingerprint density at radius 1 is 1.06 bits per heavy atom. The third-order valence-electron chi connectivity index (χ3n) is 3.32. The Morgan fingerprint density at radius 3 is 2.56 bits per heavy atom. The number of hydrogen-bond donors (Lipinski definition) is 0. The van der Waals surface area contributed by atoms with E-state index in [9.17, 15) is 4.39 Å². The summed E-state index contributed by atoms with van der Waals surface area (Å²) in [4.78, 5) is 4.52. The summed E-state index contributed by atoms with van der Waals surface area (Å²) in [5, 5.41) is 0.936. The lowest BCUT2D eigenvalue weighted by molar-refractivity contribution is 0.630. The van der Waals surface area contributed by atoms with Crippen molar-refractivity contribution >= 4 is 45.7 Å². The van der Waals surface area contributed by atoms with E-state index in [0.717, 1.165) is 36.9 Å². The van der Waals surface area contributed by atoms with E-state index in [-0.39, 0.29) is 10.0 Å². The van der Waals surface area contributed by atoms with Crippen molar-refractivity contribution in [2.24, 2.45) is 0 Å². The molecule has 5 heteroatoms. The molecule has 2 aromatic rings. The van der Waals surface area contributed by atoms with E-state index in [1.807, 2.05) is 0 Å². The van der Waals surface area contributed by atoms with Crippen LogP contribution in [-0.2, 0) is 12.8 Å². The van der Waals surface area contributed by atoms with E-state index in [1.54, 1.807) is 0 Å². The molecule has 18 heavy (non-hydrogen) atoms. The third kappa shape index (κ3) is 1.78. The molecule has 0 radical (unpaired) electrons. The molecule has 94 valence electrons. The first-order chi connectivity index (χ1) is 8.59. The van der Waals surface area contributed by atoms with Gasteiger partial charge in [-0.05, 0) is 37.3 Å². The van der Waals surface area contributed by atoms with Crippen LogP contribution in [0.3, 0.4) is 0 Å². The van der Waals surface area contributed by atoms with Gasteiger partial charge in [0.05, 0.1) is 20.6 Å². The maximum absolute atomic E-state index is 13.7. The van der Waals surface area contributed by atoms with Crippen molar-refractivity contribution in [1.29, 1.82) is 0 Å². The maximum Gasteiger partial charge on any atom is 0.161 e. The van der Waals surface area contributed by atoms with Crippen LogP contribution in [-0.4, -0.2) is 4.98 Å². The average Bonchev–Trinajstić information content (AvgIpc) is 2.36. The fraction of sp³-hybridized carbons (Fsp3) is 0.308. The van der Waals surface area contributed by atoms with Crippen molar-refractivity contribution < 1.29 is 4.39 Å². The molecule has 1 heterocycles. The van der Waals surface area contributed by atoms with E-state index in [1.165, 1.54) is 6.07 Å². The van der Waals surface area contributed by atoms with Crippen LogP contribution in [0, 0.1) is 5.82 Å². The minimum atomic E-state index is -0.634. The van der Waals surface area contributed by atoms with Gasteiger partial charge in [-0.25, -0.2) is 4.39 Å². The van der Waals surface area contributed by atoms with Gasteiger partial charge in [0.1, 0.15) is 0 Å². The van der Waals surface area contributed by atoms with Crippen molar-refractivity contribution in [2.75, 3.05) is 0 Å². The van der Waals surface area contributed by atoms with Crippen LogP contribution >= 0.6 is 34.8 Å². The molecule has 0 saturated carbocycles. The van der Waals surface area contributed by atoms with Crippen LogP contribution in [0.5, 0.6) is 0 Å². The minimum Gasteiger partial charge on any atom is -0.252 e. The number of pyridine rings is 1. The Labute approximate surface area is 119 Å². The number of halogens is 4. The second kappa shape index (κ2) is 4.52. The SMILES string of the molecule is Fc1c(Cl)cc2nc3c(c(Cl)c2c1Cl)CCCC3. The molecule has 0 amide bonds. The van der Waals surface area contributed by atoms with Gasteiger partial charge in [0.15, 0.2) is 5.82 Å². The molecule has 0 unspecified atom stereocenters. The minimum absolute atomic E-state index is 0.0215. The van der Waals surface area contributed by atoms with Crippen molar-refractivity contribution in [3.63, 3.8) is 0 Å². The summed E-state index contributed by atoms with van der Waals surface area (Å²) in [7, 11) is 0. The van der Waals surface area contributed by atoms with E-state index >= 15 is 0 Å². The molecule has 0 bridgehead atoms. The number of nitrogens with zero attached hydrogens (tertiary/aromatic N) is 1. The number of benzene rings is 1. The van der Waals surface area contributed by atoms with Crippen LogP contribution in [0.15, 0.2) is 6.07 Å². The molecule has 0 N–H and O–H groups in total. The molecule has 1 aliphatic rings. The lowest BCUT2D eigenvalue weighted by atomic mass is 9.94. The number of aryl methyl sites for hydroxylation is 1.